The highest BCUT2D eigenvalue weighted by atomic mass is 79.9. The molecule has 16 heavy (non-hydrogen) atoms. The number of likely N-dealkylation sites (tertiary alicyclic amines) is 1. The number of carbonyl (C=O) groups is 1. The summed E-state index contributed by atoms with van der Waals surface area (Å²) in [5, 5.41) is 0. The van der Waals surface area contributed by atoms with Gasteiger partial charge in [-0.1, -0.05) is 0 Å². The van der Waals surface area contributed by atoms with Crippen molar-refractivity contribution in [3.8, 4) is 5.75 Å². The maximum atomic E-state index is 12.2. The van der Waals surface area contributed by atoms with E-state index in [1.54, 1.807) is 13.2 Å². The van der Waals surface area contributed by atoms with Crippen molar-refractivity contribution in [3.05, 3.63) is 28.2 Å². The lowest BCUT2D eigenvalue weighted by Gasteiger charge is -2.16. The average Bonchev–Trinajstić information content (AvgIpc) is 2.82. The Morgan fingerprint density at radius 1 is 1.38 bits per heavy atom. The molecule has 3 nitrogen and oxygen atoms in total. The number of rotatable bonds is 2. The Labute approximate surface area is 104 Å². The average molecular weight is 284 g/mol. The summed E-state index contributed by atoms with van der Waals surface area (Å²) in [5.74, 6) is 0.800. The molecule has 1 aromatic rings. The summed E-state index contributed by atoms with van der Waals surface area (Å²) >= 11 is 3.40. The van der Waals surface area contributed by atoms with Crippen LogP contribution in [0.1, 0.15) is 23.2 Å². The van der Waals surface area contributed by atoms with E-state index in [0.717, 1.165) is 30.4 Å². The molecule has 0 aliphatic carbocycles. The fraction of sp³-hybridized carbons (Fsp3) is 0.417. The molecule has 1 aliphatic heterocycles. The van der Waals surface area contributed by atoms with Crippen molar-refractivity contribution < 1.29 is 9.53 Å². The van der Waals surface area contributed by atoms with Crippen LogP contribution in [-0.4, -0.2) is 31.0 Å². The lowest BCUT2D eigenvalue weighted by Crippen LogP contribution is -2.27. The highest BCUT2D eigenvalue weighted by molar-refractivity contribution is 9.10. The first-order valence-corrected chi connectivity index (χ1v) is 6.14. The zero-order valence-electron chi connectivity index (χ0n) is 9.20. The standard InChI is InChI=1S/C12H14BrNO2/c1-16-9-4-5-11(13)10(8-9)12(15)14-6-2-3-7-14/h4-5,8H,2-3,6-7H2,1H3. The molecule has 0 saturated carbocycles. The number of amides is 1. The van der Waals surface area contributed by atoms with Gasteiger partial charge in [-0.3, -0.25) is 4.79 Å². The number of benzene rings is 1. The van der Waals surface area contributed by atoms with Gasteiger partial charge in [-0.25, -0.2) is 0 Å². The van der Waals surface area contributed by atoms with Gasteiger partial charge in [0.1, 0.15) is 5.75 Å². The first-order chi connectivity index (χ1) is 7.72. The Bertz CT molecular complexity index is 400. The maximum absolute atomic E-state index is 12.2. The lowest BCUT2D eigenvalue weighted by atomic mass is 10.2. The van der Waals surface area contributed by atoms with Crippen LogP contribution in [0.3, 0.4) is 0 Å². The number of nitrogens with zero attached hydrogens (tertiary/aromatic N) is 1. The molecule has 0 N–H and O–H groups in total. The second-order valence-corrected chi connectivity index (χ2v) is 4.70. The van der Waals surface area contributed by atoms with E-state index in [2.05, 4.69) is 15.9 Å². The Balaban J connectivity index is 2.27. The molecule has 4 heteroatoms. The minimum atomic E-state index is 0.0864. The molecule has 1 amide bonds. The second-order valence-electron chi connectivity index (χ2n) is 3.85. The molecular formula is C12H14BrNO2. The van der Waals surface area contributed by atoms with Crippen molar-refractivity contribution >= 4 is 21.8 Å². The van der Waals surface area contributed by atoms with E-state index in [9.17, 15) is 4.79 Å². The quantitative estimate of drug-likeness (QED) is 0.835. The molecule has 1 saturated heterocycles. The molecule has 0 spiro atoms. The van der Waals surface area contributed by atoms with Crippen molar-refractivity contribution in [1.29, 1.82) is 0 Å². The van der Waals surface area contributed by atoms with Gasteiger partial charge in [0.25, 0.3) is 5.91 Å². The molecule has 1 aromatic carbocycles. The molecule has 0 unspecified atom stereocenters. The van der Waals surface area contributed by atoms with E-state index in [0.29, 0.717) is 11.3 Å². The summed E-state index contributed by atoms with van der Waals surface area (Å²) in [6.45, 7) is 1.73. The highest BCUT2D eigenvalue weighted by Crippen LogP contribution is 2.25. The Morgan fingerprint density at radius 3 is 2.69 bits per heavy atom. The first kappa shape index (κ1) is 11.5. The minimum Gasteiger partial charge on any atom is -0.497 e. The van der Waals surface area contributed by atoms with E-state index in [1.165, 1.54) is 0 Å². The normalized spacial score (nSPS) is 15.2. The van der Waals surface area contributed by atoms with Crippen molar-refractivity contribution in [3.63, 3.8) is 0 Å². The van der Waals surface area contributed by atoms with E-state index in [4.69, 9.17) is 4.74 Å². The van der Waals surface area contributed by atoms with Crippen LogP contribution in [0.4, 0.5) is 0 Å². The summed E-state index contributed by atoms with van der Waals surface area (Å²) < 4.78 is 5.96. The van der Waals surface area contributed by atoms with E-state index < -0.39 is 0 Å². The zero-order chi connectivity index (χ0) is 11.5. The molecule has 0 radical (unpaired) electrons. The Morgan fingerprint density at radius 2 is 2.06 bits per heavy atom. The summed E-state index contributed by atoms with van der Waals surface area (Å²) in [6.07, 6.45) is 2.21. The largest absolute Gasteiger partial charge is 0.497 e. The van der Waals surface area contributed by atoms with Crippen LogP contribution in [-0.2, 0) is 0 Å². The number of hydrogen-bond acceptors (Lipinski definition) is 2. The number of carbonyl (C=O) groups excluding carboxylic acids is 1. The molecule has 1 fully saturated rings. The number of methoxy groups -OCH3 is 1. The molecule has 0 atom stereocenters. The SMILES string of the molecule is COc1ccc(Br)c(C(=O)N2CCCC2)c1. The smallest absolute Gasteiger partial charge is 0.255 e. The molecular weight excluding hydrogens is 270 g/mol. The number of ether oxygens (including phenoxy) is 1. The fourth-order valence-corrected chi connectivity index (χ4v) is 2.30. The van der Waals surface area contributed by atoms with Gasteiger partial charge in [0.05, 0.1) is 12.7 Å². The van der Waals surface area contributed by atoms with Crippen molar-refractivity contribution in [2.45, 2.75) is 12.8 Å². The predicted molar refractivity (Wildman–Crippen MR) is 65.8 cm³/mol. The topological polar surface area (TPSA) is 29.5 Å². The molecule has 86 valence electrons. The van der Waals surface area contributed by atoms with Crippen LogP contribution in [0.15, 0.2) is 22.7 Å². The van der Waals surface area contributed by atoms with E-state index in [1.807, 2.05) is 17.0 Å². The zero-order valence-corrected chi connectivity index (χ0v) is 10.8. The number of hydrogen-bond donors (Lipinski definition) is 0. The van der Waals surface area contributed by atoms with E-state index >= 15 is 0 Å². The van der Waals surface area contributed by atoms with Gasteiger partial charge < -0.3 is 9.64 Å². The predicted octanol–water partition coefficient (Wildman–Crippen LogP) is 2.69. The van der Waals surface area contributed by atoms with Gasteiger partial charge in [0.15, 0.2) is 0 Å². The third-order valence-electron chi connectivity index (χ3n) is 2.80. The summed E-state index contributed by atoms with van der Waals surface area (Å²) in [4.78, 5) is 14.1. The minimum absolute atomic E-state index is 0.0864. The fourth-order valence-electron chi connectivity index (χ4n) is 1.89. The van der Waals surface area contributed by atoms with Gasteiger partial charge in [-0.2, -0.15) is 0 Å². The van der Waals surface area contributed by atoms with E-state index in [-0.39, 0.29) is 5.91 Å². The van der Waals surface area contributed by atoms with Crippen LogP contribution in [0.25, 0.3) is 0 Å². The van der Waals surface area contributed by atoms with Crippen LogP contribution < -0.4 is 4.74 Å². The van der Waals surface area contributed by atoms with Crippen LogP contribution in [0.5, 0.6) is 5.75 Å². The monoisotopic (exact) mass is 283 g/mol. The molecule has 1 heterocycles. The summed E-state index contributed by atoms with van der Waals surface area (Å²) in [6, 6.07) is 5.47. The molecule has 1 aliphatic rings. The van der Waals surface area contributed by atoms with Crippen molar-refractivity contribution in [2.24, 2.45) is 0 Å². The van der Waals surface area contributed by atoms with Crippen molar-refractivity contribution in [1.82, 2.24) is 4.90 Å². The van der Waals surface area contributed by atoms with Gasteiger partial charge in [-0.05, 0) is 47.0 Å². The number of halogens is 1. The van der Waals surface area contributed by atoms with Crippen LogP contribution in [0.2, 0.25) is 0 Å². The summed E-state index contributed by atoms with van der Waals surface area (Å²) in [7, 11) is 1.60. The lowest BCUT2D eigenvalue weighted by molar-refractivity contribution is 0.0791. The Hall–Kier alpha value is -1.03. The third-order valence-corrected chi connectivity index (χ3v) is 3.49. The van der Waals surface area contributed by atoms with Gasteiger partial charge in [-0.15, -0.1) is 0 Å². The molecule has 0 bridgehead atoms. The Kier molecular flexibility index (Phi) is 3.49. The third kappa shape index (κ3) is 2.21. The maximum Gasteiger partial charge on any atom is 0.255 e. The van der Waals surface area contributed by atoms with Crippen LogP contribution in [0, 0.1) is 0 Å². The van der Waals surface area contributed by atoms with Crippen molar-refractivity contribution in [2.75, 3.05) is 20.2 Å². The van der Waals surface area contributed by atoms with Gasteiger partial charge >= 0.3 is 0 Å². The molecule has 2 rings (SSSR count). The van der Waals surface area contributed by atoms with Gasteiger partial charge in [0, 0.05) is 17.6 Å². The summed E-state index contributed by atoms with van der Waals surface area (Å²) in [5.41, 5.74) is 0.682. The highest BCUT2D eigenvalue weighted by Gasteiger charge is 2.21. The second kappa shape index (κ2) is 4.87. The van der Waals surface area contributed by atoms with Crippen LogP contribution >= 0.6 is 15.9 Å². The molecule has 0 aromatic heterocycles. The van der Waals surface area contributed by atoms with Gasteiger partial charge in [0.2, 0.25) is 0 Å². The first-order valence-electron chi connectivity index (χ1n) is 5.35.